The molecule has 0 heterocycles. The Bertz CT molecular complexity index is 338. The molecule has 0 aliphatic carbocycles. The Hall–Kier alpha value is -0.100. The maximum atomic E-state index is 11.6. The molecule has 0 bridgehead atoms. The molecule has 0 radical (unpaired) electrons. The van der Waals surface area contributed by atoms with Crippen molar-refractivity contribution in [3.63, 3.8) is 0 Å². The standard InChI is InChI=1S/C9H9BrINO/c1-12(2)9(13)7-5-6(11)3-4-8(7)10/h3-5H,1-2H3. The summed E-state index contributed by atoms with van der Waals surface area (Å²) in [4.78, 5) is 13.2. The predicted molar refractivity (Wildman–Crippen MR) is 64.9 cm³/mol. The van der Waals surface area contributed by atoms with Crippen molar-refractivity contribution in [1.82, 2.24) is 4.90 Å². The zero-order chi connectivity index (χ0) is 10.0. The lowest BCUT2D eigenvalue weighted by molar-refractivity contribution is 0.0826. The molecule has 70 valence electrons. The van der Waals surface area contributed by atoms with Gasteiger partial charge in [-0.3, -0.25) is 4.79 Å². The molecule has 2 nitrogen and oxygen atoms in total. The van der Waals surface area contributed by atoms with Gasteiger partial charge in [-0.1, -0.05) is 0 Å². The molecule has 4 heteroatoms. The van der Waals surface area contributed by atoms with Crippen LogP contribution in [-0.2, 0) is 0 Å². The van der Waals surface area contributed by atoms with E-state index < -0.39 is 0 Å². The van der Waals surface area contributed by atoms with Gasteiger partial charge in [0.25, 0.3) is 5.91 Å². The number of carbonyl (C=O) groups excluding carboxylic acids is 1. The number of halogens is 2. The molecular weight excluding hydrogens is 345 g/mol. The monoisotopic (exact) mass is 353 g/mol. The first-order valence-corrected chi connectivity index (χ1v) is 5.56. The van der Waals surface area contributed by atoms with Gasteiger partial charge in [0.05, 0.1) is 5.56 Å². The van der Waals surface area contributed by atoms with Crippen LogP contribution in [0.3, 0.4) is 0 Å². The number of benzene rings is 1. The smallest absolute Gasteiger partial charge is 0.254 e. The quantitative estimate of drug-likeness (QED) is 0.711. The molecule has 0 spiro atoms. The summed E-state index contributed by atoms with van der Waals surface area (Å²) >= 11 is 5.54. The van der Waals surface area contributed by atoms with E-state index >= 15 is 0 Å². The second kappa shape index (κ2) is 4.41. The van der Waals surface area contributed by atoms with Gasteiger partial charge >= 0.3 is 0 Å². The lowest BCUT2D eigenvalue weighted by atomic mass is 10.2. The maximum Gasteiger partial charge on any atom is 0.254 e. The highest BCUT2D eigenvalue weighted by atomic mass is 127. The molecule has 1 amide bonds. The van der Waals surface area contributed by atoms with Crippen molar-refractivity contribution in [2.75, 3.05) is 14.1 Å². The van der Waals surface area contributed by atoms with Crippen LogP contribution in [0, 0.1) is 3.57 Å². The van der Waals surface area contributed by atoms with Crippen LogP contribution in [0.25, 0.3) is 0 Å². The van der Waals surface area contributed by atoms with Gasteiger partial charge in [0, 0.05) is 22.1 Å². The Balaban J connectivity index is 3.13. The summed E-state index contributed by atoms with van der Waals surface area (Å²) in [5, 5.41) is 0. The molecule has 0 saturated carbocycles. The number of nitrogens with zero attached hydrogens (tertiary/aromatic N) is 1. The number of amides is 1. The fraction of sp³-hybridized carbons (Fsp3) is 0.222. The van der Waals surface area contributed by atoms with E-state index in [0.29, 0.717) is 5.56 Å². The third kappa shape index (κ3) is 2.67. The van der Waals surface area contributed by atoms with Crippen LogP contribution < -0.4 is 0 Å². The lowest BCUT2D eigenvalue weighted by Gasteiger charge is -2.11. The van der Waals surface area contributed by atoms with Crippen LogP contribution in [0.1, 0.15) is 10.4 Å². The van der Waals surface area contributed by atoms with E-state index in [0.717, 1.165) is 8.04 Å². The lowest BCUT2D eigenvalue weighted by Crippen LogP contribution is -2.22. The molecule has 1 aromatic rings. The zero-order valence-corrected chi connectivity index (χ0v) is 11.1. The topological polar surface area (TPSA) is 20.3 Å². The maximum absolute atomic E-state index is 11.6. The Kier molecular flexibility index (Phi) is 3.73. The number of hydrogen-bond acceptors (Lipinski definition) is 1. The van der Waals surface area contributed by atoms with E-state index in [9.17, 15) is 4.79 Å². The highest BCUT2D eigenvalue weighted by Crippen LogP contribution is 2.20. The van der Waals surface area contributed by atoms with Crippen molar-refractivity contribution in [1.29, 1.82) is 0 Å². The number of carbonyl (C=O) groups is 1. The fourth-order valence-electron chi connectivity index (χ4n) is 0.902. The third-order valence-electron chi connectivity index (χ3n) is 1.56. The van der Waals surface area contributed by atoms with E-state index in [4.69, 9.17) is 0 Å². The zero-order valence-electron chi connectivity index (χ0n) is 7.34. The normalized spacial score (nSPS) is 9.85. The largest absolute Gasteiger partial charge is 0.345 e. The van der Waals surface area contributed by atoms with Crippen LogP contribution in [0.5, 0.6) is 0 Å². The fourth-order valence-corrected chi connectivity index (χ4v) is 1.81. The van der Waals surface area contributed by atoms with Crippen LogP contribution in [0.4, 0.5) is 0 Å². The summed E-state index contributed by atoms with van der Waals surface area (Å²) in [5.74, 6) is 0.0189. The van der Waals surface area contributed by atoms with Crippen LogP contribution in [0.15, 0.2) is 22.7 Å². The molecule has 0 aromatic heterocycles. The second-order valence-corrected chi connectivity index (χ2v) is 4.92. The minimum Gasteiger partial charge on any atom is -0.345 e. The van der Waals surface area contributed by atoms with Crippen molar-refractivity contribution in [3.8, 4) is 0 Å². The van der Waals surface area contributed by atoms with Gasteiger partial charge in [-0.2, -0.15) is 0 Å². The molecule has 0 saturated heterocycles. The third-order valence-corrected chi connectivity index (χ3v) is 2.93. The number of rotatable bonds is 1. The van der Waals surface area contributed by atoms with Crippen molar-refractivity contribution in [3.05, 3.63) is 31.8 Å². The first kappa shape index (κ1) is 11.0. The van der Waals surface area contributed by atoms with E-state index in [2.05, 4.69) is 38.5 Å². The first-order chi connectivity index (χ1) is 6.02. The van der Waals surface area contributed by atoms with Gasteiger partial charge in [-0.05, 0) is 56.7 Å². The molecule has 0 unspecified atom stereocenters. The molecule has 13 heavy (non-hydrogen) atoms. The first-order valence-electron chi connectivity index (χ1n) is 3.69. The molecule has 1 rings (SSSR count). The Morgan fingerprint density at radius 3 is 2.62 bits per heavy atom. The molecule has 0 atom stereocenters. The highest BCUT2D eigenvalue weighted by molar-refractivity contribution is 14.1. The van der Waals surface area contributed by atoms with E-state index in [-0.39, 0.29) is 5.91 Å². The SMILES string of the molecule is CN(C)C(=O)c1cc(I)ccc1Br. The van der Waals surface area contributed by atoms with Crippen LogP contribution in [-0.4, -0.2) is 24.9 Å². The Morgan fingerprint density at radius 1 is 1.46 bits per heavy atom. The van der Waals surface area contributed by atoms with Crippen molar-refractivity contribution >= 4 is 44.4 Å². The molecule has 0 N–H and O–H groups in total. The average molecular weight is 354 g/mol. The van der Waals surface area contributed by atoms with Crippen LogP contribution >= 0.6 is 38.5 Å². The summed E-state index contributed by atoms with van der Waals surface area (Å²) in [5.41, 5.74) is 0.705. The van der Waals surface area contributed by atoms with Gasteiger partial charge in [-0.15, -0.1) is 0 Å². The molecule has 0 fully saturated rings. The molecule has 0 aliphatic heterocycles. The summed E-state index contributed by atoms with van der Waals surface area (Å²) in [7, 11) is 3.49. The number of hydrogen-bond donors (Lipinski definition) is 0. The minimum atomic E-state index is 0.0189. The van der Waals surface area contributed by atoms with Crippen molar-refractivity contribution in [2.45, 2.75) is 0 Å². The highest BCUT2D eigenvalue weighted by Gasteiger charge is 2.11. The Morgan fingerprint density at radius 2 is 2.08 bits per heavy atom. The Labute approximate surface area is 99.6 Å². The average Bonchev–Trinajstić information content (AvgIpc) is 2.08. The molecular formula is C9H9BrINO. The summed E-state index contributed by atoms with van der Waals surface area (Å²) in [6.07, 6.45) is 0. The van der Waals surface area contributed by atoms with E-state index in [1.54, 1.807) is 19.0 Å². The van der Waals surface area contributed by atoms with Gasteiger partial charge in [0.15, 0.2) is 0 Å². The summed E-state index contributed by atoms with van der Waals surface area (Å²) < 4.78 is 1.90. The minimum absolute atomic E-state index is 0.0189. The van der Waals surface area contributed by atoms with Crippen molar-refractivity contribution < 1.29 is 4.79 Å². The van der Waals surface area contributed by atoms with Gasteiger partial charge in [0.2, 0.25) is 0 Å². The van der Waals surface area contributed by atoms with Crippen LogP contribution in [0.2, 0.25) is 0 Å². The predicted octanol–water partition coefficient (Wildman–Crippen LogP) is 2.76. The molecule has 1 aromatic carbocycles. The van der Waals surface area contributed by atoms with E-state index in [1.807, 2.05) is 18.2 Å². The summed E-state index contributed by atoms with van der Waals surface area (Å²) in [6, 6.07) is 5.71. The van der Waals surface area contributed by atoms with Crippen molar-refractivity contribution in [2.24, 2.45) is 0 Å². The van der Waals surface area contributed by atoms with Gasteiger partial charge in [0.1, 0.15) is 0 Å². The summed E-state index contributed by atoms with van der Waals surface area (Å²) in [6.45, 7) is 0. The van der Waals surface area contributed by atoms with Gasteiger partial charge in [-0.25, -0.2) is 0 Å². The second-order valence-electron chi connectivity index (χ2n) is 2.82. The van der Waals surface area contributed by atoms with Gasteiger partial charge < -0.3 is 4.90 Å². The van der Waals surface area contributed by atoms with E-state index in [1.165, 1.54) is 0 Å². The molecule has 0 aliphatic rings.